The number of hydrogen-bond donors (Lipinski definition) is 2. The van der Waals surface area contributed by atoms with Gasteiger partial charge < -0.3 is 19.9 Å². The van der Waals surface area contributed by atoms with Gasteiger partial charge in [0.05, 0.1) is 18.8 Å². The van der Waals surface area contributed by atoms with Crippen molar-refractivity contribution in [2.45, 2.75) is 43.2 Å². The van der Waals surface area contributed by atoms with Gasteiger partial charge >= 0.3 is 0 Å². The van der Waals surface area contributed by atoms with Gasteiger partial charge in [0.2, 0.25) is 5.82 Å². The molecule has 1 aromatic heterocycles. The number of halogens is 5. The van der Waals surface area contributed by atoms with E-state index >= 15 is 0 Å². The molecule has 1 saturated heterocycles. The Morgan fingerprint density at radius 1 is 0.776 bits per heavy atom. The smallest absolute Gasteiger partial charge is 0.257 e. The summed E-state index contributed by atoms with van der Waals surface area (Å²) in [5.41, 5.74) is 3.06. The lowest BCUT2D eigenvalue weighted by Crippen LogP contribution is -2.31. The Bertz CT molecular complexity index is 1910. The van der Waals surface area contributed by atoms with Crippen LogP contribution in [0.1, 0.15) is 51.4 Å². The highest BCUT2D eigenvalue weighted by Gasteiger charge is 2.33. The van der Waals surface area contributed by atoms with Gasteiger partial charge in [-0.3, -0.25) is 4.79 Å². The molecule has 49 heavy (non-hydrogen) atoms. The van der Waals surface area contributed by atoms with Crippen LogP contribution < -0.4 is 5.32 Å². The number of aliphatic hydroxyl groups is 1. The predicted octanol–water partition coefficient (Wildman–Crippen LogP) is 7.60. The van der Waals surface area contributed by atoms with Crippen LogP contribution in [0.3, 0.4) is 0 Å². The molecule has 252 valence electrons. The van der Waals surface area contributed by atoms with Crippen LogP contribution in [0.25, 0.3) is 11.1 Å². The summed E-state index contributed by atoms with van der Waals surface area (Å²) in [5.74, 6) is -12.0. The van der Waals surface area contributed by atoms with Crippen molar-refractivity contribution in [3.8, 4) is 11.1 Å². The molecule has 7 nitrogen and oxygen atoms in total. The maximum atomic E-state index is 14.1. The molecular formula is C36H28F5N3O4S. The second kappa shape index (κ2) is 15.2. The third kappa shape index (κ3) is 7.81. The van der Waals surface area contributed by atoms with Crippen molar-refractivity contribution in [1.82, 2.24) is 15.3 Å². The largest absolute Gasteiger partial charge is 0.392 e. The Kier molecular flexibility index (Phi) is 10.6. The summed E-state index contributed by atoms with van der Waals surface area (Å²) in [6.07, 6.45) is 2.82. The van der Waals surface area contributed by atoms with E-state index in [0.29, 0.717) is 22.9 Å². The number of carbonyl (C=O) groups excluding carboxylic acids is 1. The zero-order chi connectivity index (χ0) is 34.5. The number of nitrogens with zero attached hydrogens (tertiary/aromatic N) is 2. The van der Waals surface area contributed by atoms with Gasteiger partial charge in [-0.25, -0.2) is 31.9 Å². The Morgan fingerprint density at radius 3 is 2.10 bits per heavy atom. The lowest BCUT2D eigenvalue weighted by molar-refractivity contribution is -0.245. The number of ether oxygens (including phenoxy) is 2. The van der Waals surface area contributed by atoms with Crippen LogP contribution in [-0.4, -0.2) is 32.8 Å². The van der Waals surface area contributed by atoms with E-state index in [4.69, 9.17) is 9.47 Å². The average molecular weight is 694 g/mol. The van der Waals surface area contributed by atoms with Crippen molar-refractivity contribution in [1.29, 1.82) is 0 Å². The minimum atomic E-state index is -2.34. The number of thioether (sulfide) groups is 1. The van der Waals surface area contributed by atoms with Crippen LogP contribution >= 0.6 is 11.8 Å². The van der Waals surface area contributed by atoms with Gasteiger partial charge in [0, 0.05) is 36.7 Å². The second-order valence-corrected chi connectivity index (χ2v) is 12.1. The van der Waals surface area contributed by atoms with Gasteiger partial charge in [-0.1, -0.05) is 78.5 Å². The lowest BCUT2D eigenvalue weighted by Gasteiger charge is -2.36. The highest BCUT2D eigenvalue weighted by atomic mass is 32.2. The minimum absolute atomic E-state index is 0.0593. The molecule has 2 N–H and O–H groups in total. The first kappa shape index (κ1) is 34.2. The molecule has 1 fully saturated rings. The molecule has 3 atom stereocenters. The number of carbonyl (C=O) groups is 1. The van der Waals surface area contributed by atoms with Crippen molar-refractivity contribution in [3.05, 3.63) is 148 Å². The monoisotopic (exact) mass is 693 g/mol. The molecule has 0 bridgehead atoms. The predicted molar refractivity (Wildman–Crippen MR) is 170 cm³/mol. The molecule has 6 rings (SSSR count). The fourth-order valence-corrected chi connectivity index (χ4v) is 6.14. The highest BCUT2D eigenvalue weighted by molar-refractivity contribution is 7.99. The fraction of sp³-hybridized carbons (Fsp3) is 0.194. The van der Waals surface area contributed by atoms with E-state index in [1.807, 2.05) is 54.6 Å². The summed E-state index contributed by atoms with van der Waals surface area (Å²) in [6, 6.07) is 23.7. The summed E-state index contributed by atoms with van der Waals surface area (Å²) in [5, 5.41) is 12.3. The molecule has 0 radical (unpaired) electrons. The third-order valence-electron chi connectivity index (χ3n) is 7.89. The number of nitrogens with one attached hydrogen (secondary N) is 1. The Hall–Kier alpha value is -4.69. The molecule has 5 aromatic rings. The number of aliphatic hydroxyl groups excluding tert-OH is 1. The maximum Gasteiger partial charge on any atom is 0.257 e. The number of aromatic nitrogens is 2. The first-order valence-electron chi connectivity index (χ1n) is 15.1. The first-order valence-corrected chi connectivity index (χ1v) is 16.1. The van der Waals surface area contributed by atoms with Crippen molar-refractivity contribution in [2.24, 2.45) is 0 Å². The van der Waals surface area contributed by atoms with Crippen molar-refractivity contribution in [3.63, 3.8) is 0 Å². The van der Waals surface area contributed by atoms with E-state index in [0.717, 1.165) is 27.8 Å². The van der Waals surface area contributed by atoms with Crippen molar-refractivity contribution in [2.75, 3.05) is 5.75 Å². The van der Waals surface area contributed by atoms with Gasteiger partial charge in [0.1, 0.15) is 5.56 Å². The summed E-state index contributed by atoms with van der Waals surface area (Å²) in [6.45, 7) is -0.293. The van der Waals surface area contributed by atoms with Gasteiger partial charge in [-0.2, -0.15) is 0 Å². The van der Waals surface area contributed by atoms with Crippen LogP contribution in [0.5, 0.6) is 0 Å². The van der Waals surface area contributed by atoms with Crippen molar-refractivity contribution >= 4 is 17.7 Å². The molecule has 2 heterocycles. The summed E-state index contributed by atoms with van der Waals surface area (Å²) < 4.78 is 81.5. The van der Waals surface area contributed by atoms with E-state index in [9.17, 15) is 31.9 Å². The zero-order valence-electron chi connectivity index (χ0n) is 25.6. The normalized spacial score (nSPS) is 17.6. The minimum Gasteiger partial charge on any atom is -0.392 e. The molecule has 0 spiro atoms. The molecule has 1 aliphatic rings. The van der Waals surface area contributed by atoms with Crippen LogP contribution in [0, 0.1) is 29.1 Å². The number of benzene rings is 4. The zero-order valence-corrected chi connectivity index (χ0v) is 26.4. The van der Waals surface area contributed by atoms with Gasteiger partial charge in [-0.15, -0.1) is 0 Å². The Morgan fingerprint density at radius 2 is 1.43 bits per heavy atom. The van der Waals surface area contributed by atoms with Crippen LogP contribution in [0.15, 0.2) is 96.4 Å². The fourth-order valence-electron chi connectivity index (χ4n) is 5.32. The van der Waals surface area contributed by atoms with Gasteiger partial charge in [0.15, 0.2) is 34.7 Å². The summed E-state index contributed by atoms with van der Waals surface area (Å²) in [4.78, 5) is 21.0. The topological polar surface area (TPSA) is 93.6 Å². The van der Waals surface area contributed by atoms with Crippen LogP contribution in [0.4, 0.5) is 22.0 Å². The standard InChI is InChI=1S/C36H28F5N3O4S/c37-29-28(30(38)32(40)33(41)31(29)39)34(46)44-17-21-3-1-4-25(15-21)22-9-11-24(12-10-22)35-47-26(19-49-36-42-13-2-14-43-36)16-27(48-35)23-7-5-20(18-45)6-8-23/h1-15,26-27,35,45H,16-19H2,(H,44,46)/t26-,27+,35+/m0/s1. The van der Waals surface area contributed by atoms with E-state index in [-0.39, 0.29) is 25.4 Å². The summed E-state index contributed by atoms with van der Waals surface area (Å²) >= 11 is 1.49. The van der Waals surface area contributed by atoms with Crippen LogP contribution in [-0.2, 0) is 22.6 Å². The molecule has 1 aliphatic heterocycles. The lowest BCUT2D eigenvalue weighted by atomic mass is 9.99. The van der Waals surface area contributed by atoms with Gasteiger partial charge in [0.25, 0.3) is 5.91 Å². The maximum absolute atomic E-state index is 14.1. The van der Waals surface area contributed by atoms with E-state index in [2.05, 4.69) is 15.3 Å². The first-order chi connectivity index (χ1) is 23.7. The molecule has 0 saturated carbocycles. The molecular weight excluding hydrogens is 665 g/mol. The van der Waals surface area contributed by atoms with Gasteiger partial charge in [-0.05, 0) is 39.9 Å². The Balaban J connectivity index is 1.16. The number of rotatable bonds is 10. The molecule has 0 aliphatic carbocycles. The van der Waals surface area contributed by atoms with Crippen molar-refractivity contribution < 1.29 is 41.3 Å². The average Bonchev–Trinajstić information content (AvgIpc) is 3.15. The second-order valence-electron chi connectivity index (χ2n) is 11.1. The summed E-state index contributed by atoms with van der Waals surface area (Å²) in [7, 11) is 0. The highest BCUT2D eigenvalue weighted by Crippen LogP contribution is 2.39. The molecule has 13 heteroatoms. The quantitative estimate of drug-likeness (QED) is 0.0512. The Labute approximate surface area is 282 Å². The molecule has 0 unspecified atom stereocenters. The van der Waals surface area contributed by atoms with E-state index in [1.165, 1.54) is 11.8 Å². The van der Waals surface area contributed by atoms with E-state index in [1.54, 1.807) is 36.7 Å². The number of amides is 1. The SMILES string of the molecule is O=C(NCc1cccc(-c2ccc([C@@H]3O[C@H](CSc4ncccn4)C[C@H](c4ccc(CO)cc4)O3)cc2)c1)c1c(F)c(F)c(F)c(F)c1F. The molecule has 4 aromatic carbocycles. The molecule has 1 amide bonds. The number of hydrogen-bond acceptors (Lipinski definition) is 7. The third-order valence-corrected chi connectivity index (χ3v) is 8.90. The van der Waals surface area contributed by atoms with Crippen LogP contribution in [0.2, 0.25) is 0 Å². The van der Waals surface area contributed by atoms with E-state index < -0.39 is 46.8 Å².